The topological polar surface area (TPSA) is 79.1 Å². The highest BCUT2D eigenvalue weighted by atomic mass is 32.1. The van der Waals surface area contributed by atoms with Gasteiger partial charge in [0.1, 0.15) is 19.8 Å². The molecule has 1 aromatic heterocycles. The van der Waals surface area contributed by atoms with Crippen LogP contribution in [0.5, 0.6) is 11.5 Å². The number of benzene rings is 2. The summed E-state index contributed by atoms with van der Waals surface area (Å²) in [6, 6.07) is 9.26. The molecule has 0 fully saturated rings. The van der Waals surface area contributed by atoms with E-state index in [2.05, 4.69) is 4.99 Å². The van der Waals surface area contributed by atoms with Gasteiger partial charge in [0.2, 0.25) is 0 Å². The number of aryl methyl sites for hydroxylation is 2. The fraction of sp³-hybridized carbons (Fsp3) is 0.286. The Morgan fingerprint density at radius 1 is 1.14 bits per heavy atom. The van der Waals surface area contributed by atoms with Gasteiger partial charge < -0.3 is 18.8 Å². The van der Waals surface area contributed by atoms with Crippen LogP contribution in [0.25, 0.3) is 10.2 Å². The molecule has 0 radical (unpaired) electrons. The van der Waals surface area contributed by atoms with Gasteiger partial charge in [0.15, 0.2) is 16.3 Å². The fourth-order valence-corrected chi connectivity index (χ4v) is 4.28. The first-order valence-corrected chi connectivity index (χ1v) is 9.94. The molecule has 0 unspecified atom stereocenters. The number of thiazole rings is 1. The Bertz CT molecular complexity index is 1190. The summed E-state index contributed by atoms with van der Waals surface area (Å²) in [6.07, 6.45) is 0. The lowest BCUT2D eigenvalue weighted by molar-refractivity contribution is -0.141. The largest absolute Gasteiger partial charge is 0.486 e. The number of carbonyl (C=O) groups excluding carboxylic acids is 2. The molecule has 0 saturated heterocycles. The average Bonchev–Trinajstić information content (AvgIpc) is 3.01. The van der Waals surface area contributed by atoms with Crippen LogP contribution in [-0.4, -0.2) is 36.8 Å². The van der Waals surface area contributed by atoms with Gasteiger partial charge in [-0.2, -0.15) is 4.99 Å². The number of fused-ring (bicyclic) bond motifs is 2. The summed E-state index contributed by atoms with van der Waals surface area (Å²) < 4.78 is 18.6. The Balaban J connectivity index is 1.87. The highest BCUT2D eigenvalue weighted by molar-refractivity contribution is 7.16. The Morgan fingerprint density at radius 3 is 2.55 bits per heavy atom. The molecular weight excluding hydrogens is 392 g/mol. The number of ether oxygens (including phenoxy) is 3. The zero-order chi connectivity index (χ0) is 20.5. The normalized spacial score (nSPS) is 13.6. The Labute approximate surface area is 171 Å². The third-order valence-electron chi connectivity index (χ3n) is 4.67. The second-order valence-corrected chi connectivity index (χ2v) is 7.75. The van der Waals surface area contributed by atoms with Crippen LogP contribution in [0.2, 0.25) is 0 Å². The molecule has 8 heteroatoms. The van der Waals surface area contributed by atoms with Crippen molar-refractivity contribution < 1.29 is 23.8 Å². The van der Waals surface area contributed by atoms with Crippen LogP contribution in [0.3, 0.4) is 0 Å². The second-order valence-electron chi connectivity index (χ2n) is 6.75. The number of hydrogen-bond acceptors (Lipinski definition) is 6. The number of nitrogens with zero attached hydrogens (tertiary/aromatic N) is 2. The van der Waals surface area contributed by atoms with Gasteiger partial charge in [0.05, 0.1) is 17.3 Å². The standard InChI is InChI=1S/C21H20N2O5S/c1-12-4-5-14(13(2)8-12)20(25)22-21-23(11-19(24)26-3)15-9-16-17(10-18(15)29-21)28-7-6-27-16/h4-5,8-10H,6-7,11H2,1-3H3. The Morgan fingerprint density at radius 2 is 1.86 bits per heavy atom. The minimum atomic E-state index is -0.431. The minimum absolute atomic E-state index is 0.0604. The summed E-state index contributed by atoms with van der Waals surface area (Å²) in [4.78, 5) is 29.6. The SMILES string of the molecule is COC(=O)Cn1c(=NC(=O)c2ccc(C)cc2C)sc2cc3c(cc21)OCCO3. The predicted molar refractivity (Wildman–Crippen MR) is 109 cm³/mol. The van der Waals surface area contributed by atoms with Crippen LogP contribution in [0.15, 0.2) is 35.3 Å². The third kappa shape index (κ3) is 3.75. The first kappa shape index (κ1) is 19.2. The number of carbonyl (C=O) groups is 2. The lowest BCUT2D eigenvalue weighted by Crippen LogP contribution is -2.22. The van der Waals surface area contributed by atoms with Crippen molar-refractivity contribution in [1.29, 1.82) is 0 Å². The first-order chi connectivity index (χ1) is 14.0. The Hall–Kier alpha value is -3.13. The molecule has 2 aromatic carbocycles. The van der Waals surface area contributed by atoms with Crippen LogP contribution in [0.1, 0.15) is 21.5 Å². The highest BCUT2D eigenvalue weighted by Gasteiger charge is 2.18. The lowest BCUT2D eigenvalue weighted by Gasteiger charge is -2.18. The van der Waals surface area contributed by atoms with Crippen molar-refractivity contribution in [2.75, 3.05) is 20.3 Å². The summed E-state index contributed by atoms with van der Waals surface area (Å²) in [6.45, 7) is 4.73. The maximum atomic E-state index is 12.8. The van der Waals surface area contributed by atoms with Gasteiger partial charge in [-0.25, -0.2) is 0 Å². The summed E-state index contributed by atoms with van der Waals surface area (Å²) in [5.74, 6) is 0.458. The van der Waals surface area contributed by atoms with Crippen LogP contribution in [-0.2, 0) is 16.1 Å². The van der Waals surface area contributed by atoms with Crippen molar-refractivity contribution in [3.63, 3.8) is 0 Å². The van der Waals surface area contributed by atoms with Crippen molar-refractivity contribution in [3.8, 4) is 11.5 Å². The van der Waals surface area contributed by atoms with Gasteiger partial charge in [-0.1, -0.05) is 29.0 Å². The summed E-state index contributed by atoms with van der Waals surface area (Å²) in [7, 11) is 1.33. The van der Waals surface area contributed by atoms with Crippen LogP contribution in [0.4, 0.5) is 0 Å². The number of esters is 1. The van der Waals surface area contributed by atoms with Crippen molar-refractivity contribution in [2.45, 2.75) is 20.4 Å². The summed E-state index contributed by atoms with van der Waals surface area (Å²) >= 11 is 1.31. The number of hydrogen-bond donors (Lipinski definition) is 0. The highest BCUT2D eigenvalue weighted by Crippen LogP contribution is 2.35. The van der Waals surface area contributed by atoms with E-state index in [-0.39, 0.29) is 12.5 Å². The zero-order valence-electron chi connectivity index (χ0n) is 16.4. The van der Waals surface area contributed by atoms with Crippen molar-refractivity contribution >= 4 is 33.4 Å². The molecule has 29 heavy (non-hydrogen) atoms. The molecule has 150 valence electrons. The monoisotopic (exact) mass is 412 g/mol. The van der Waals surface area contributed by atoms with E-state index in [0.717, 1.165) is 21.3 Å². The van der Waals surface area contributed by atoms with E-state index in [1.165, 1.54) is 18.4 Å². The Kier molecular flexibility index (Phi) is 5.10. The van der Waals surface area contributed by atoms with Crippen molar-refractivity contribution in [3.05, 3.63) is 51.8 Å². The van der Waals surface area contributed by atoms with E-state index < -0.39 is 5.97 Å². The molecule has 2 heterocycles. The quantitative estimate of drug-likeness (QED) is 0.618. The molecule has 1 aliphatic heterocycles. The predicted octanol–water partition coefficient (Wildman–Crippen LogP) is 3.00. The molecular formula is C21H20N2O5S. The number of methoxy groups -OCH3 is 1. The van der Waals surface area contributed by atoms with Gasteiger partial charge >= 0.3 is 5.97 Å². The third-order valence-corrected chi connectivity index (χ3v) is 5.71. The minimum Gasteiger partial charge on any atom is -0.486 e. The second kappa shape index (κ2) is 7.71. The van der Waals surface area contributed by atoms with Gasteiger partial charge in [-0.3, -0.25) is 9.59 Å². The number of aromatic nitrogens is 1. The van der Waals surface area contributed by atoms with E-state index >= 15 is 0 Å². The number of amides is 1. The molecule has 0 bridgehead atoms. The smallest absolute Gasteiger partial charge is 0.325 e. The van der Waals surface area contributed by atoms with E-state index in [1.807, 2.05) is 38.1 Å². The van der Waals surface area contributed by atoms with Crippen molar-refractivity contribution in [1.82, 2.24) is 4.57 Å². The molecule has 0 spiro atoms. The molecule has 0 aliphatic carbocycles. The summed E-state index contributed by atoms with van der Waals surface area (Å²) in [5.41, 5.74) is 3.20. The summed E-state index contributed by atoms with van der Waals surface area (Å²) in [5, 5.41) is 0. The van der Waals surface area contributed by atoms with Crippen LogP contribution >= 0.6 is 11.3 Å². The van der Waals surface area contributed by atoms with Gasteiger partial charge in [-0.05, 0) is 25.5 Å². The fourth-order valence-electron chi connectivity index (χ4n) is 3.24. The van der Waals surface area contributed by atoms with Gasteiger partial charge in [-0.15, -0.1) is 0 Å². The number of rotatable bonds is 3. The molecule has 0 saturated carbocycles. The maximum absolute atomic E-state index is 12.8. The molecule has 4 rings (SSSR count). The molecule has 7 nitrogen and oxygen atoms in total. The molecule has 0 atom stereocenters. The lowest BCUT2D eigenvalue weighted by atomic mass is 10.1. The molecule has 0 N–H and O–H groups in total. The van der Waals surface area contributed by atoms with E-state index in [9.17, 15) is 9.59 Å². The zero-order valence-corrected chi connectivity index (χ0v) is 17.2. The van der Waals surface area contributed by atoms with Gasteiger partial charge in [0, 0.05) is 17.7 Å². The molecule has 3 aromatic rings. The first-order valence-electron chi connectivity index (χ1n) is 9.12. The van der Waals surface area contributed by atoms with Gasteiger partial charge in [0.25, 0.3) is 5.91 Å². The van der Waals surface area contributed by atoms with E-state index in [0.29, 0.717) is 35.1 Å². The maximum Gasteiger partial charge on any atom is 0.325 e. The van der Waals surface area contributed by atoms with Crippen LogP contribution in [0, 0.1) is 13.8 Å². The van der Waals surface area contributed by atoms with Crippen molar-refractivity contribution in [2.24, 2.45) is 4.99 Å². The molecule has 1 amide bonds. The van der Waals surface area contributed by atoms with E-state index in [1.54, 1.807) is 10.6 Å². The molecule has 1 aliphatic rings. The van der Waals surface area contributed by atoms with Crippen LogP contribution < -0.4 is 14.3 Å². The average molecular weight is 412 g/mol. The van der Waals surface area contributed by atoms with E-state index in [4.69, 9.17) is 14.2 Å².